The topological polar surface area (TPSA) is 32.3 Å². The van der Waals surface area contributed by atoms with Crippen LogP contribution in [0.2, 0.25) is 0 Å². The summed E-state index contributed by atoms with van der Waals surface area (Å²) < 4.78 is 0. The molecule has 0 aliphatic carbocycles. The van der Waals surface area contributed by atoms with Crippen LogP contribution in [0.25, 0.3) is 0 Å². The van der Waals surface area contributed by atoms with Crippen molar-refractivity contribution in [3.63, 3.8) is 0 Å². The highest BCUT2D eigenvalue weighted by molar-refractivity contribution is 8.00. The third kappa shape index (κ3) is 3.30. The maximum atomic E-state index is 11.9. The first-order chi connectivity index (χ1) is 7.75. The number of likely N-dealkylation sites (tertiary alicyclic amines) is 1. The molecule has 2 aliphatic rings. The summed E-state index contributed by atoms with van der Waals surface area (Å²) in [4.78, 5) is 13.8. The van der Waals surface area contributed by atoms with Gasteiger partial charge in [0.05, 0.1) is 0 Å². The van der Waals surface area contributed by atoms with Crippen molar-refractivity contribution in [2.75, 3.05) is 25.4 Å². The maximum Gasteiger partial charge on any atom is 0.317 e. The van der Waals surface area contributed by atoms with E-state index in [2.05, 4.69) is 12.2 Å². The zero-order chi connectivity index (χ0) is 11.4. The summed E-state index contributed by atoms with van der Waals surface area (Å²) in [6, 6.07) is 0.152. The molecule has 0 aromatic rings. The quantitative estimate of drug-likeness (QED) is 0.806. The average Bonchev–Trinajstić information content (AvgIpc) is 2.80. The molecular formula is C12H22N2OS. The first kappa shape index (κ1) is 12.1. The van der Waals surface area contributed by atoms with E-state index in [0.717, 1.165) is 38.4 Å². The standard InChI is InChI=1S/C12H22N2OS/c1-10-4-6-14(7-5-10)12(15)13-9-11-3-2-8-16-11/h10-11H,2-9H2,1H3,(H,13,15). The Bertz CT molecular complexity index is 233. The Balaban J connectivity index is 1.67. The molecule has 0 radical (unpaired) electrons. The number of nitrogens with one attached hydrogen (secondary N) is 1. The summed E-state index contributed by atoms with van der Waals surface area (Å²) in [5, 5.41) is 3.74. The van der Waals surface area contributed by atoms with Gasteiger partial charge in [0.25, 0.3) is 0 Å². The highest BCUT2D eigenvalue weighted by atomic mass is 32.2. The van der Waals surface area contributed by atoms with E-state index in [0.29, 0.717) is 5.25 Å². The minimum atomic E-state index is 0.152. The van der Waals surface area contributed by atoms with Crippen LogP contribution in [-0.2, 0) is 0 Å². The molecule has 16 heavy (non-hydrogen) atoms. The van der Waals surface area contributed by atoms with Crippen LogP contribution in [0.15, 0.2) is 0 Å². The predicted octanol–water partition coefficient (Wildman–Crippen LogP) is 2.32. The molecule has 0 spiro atoms. The van der Waals surface area contributed by atoms with Gasteiger partial charge in [0, 0.05) is 24.9 Å². The molecule has 0 bridgehead atoms. The lowest BCUT2D eigenvalue weighted by atomic mass is 10.00. The van der Waals surface area contributed by atoms with E-state index in [-0.39, 0.29) is 6.03 Å². The molecule has 3 nitrogen and oxygen atoms in total. The Kier molecular flexibility index (Phi) is 4.38. The van der Waals surface area contributed by atoms with Gasteiger partial charge >= 0.3 is 6.03 Å². The van der Waals surface area contributed by atoms with Crippen molar-refractivity contribution in [1.29, 1.82) is 0 Å². The smallest absolute Gasteiger partial charge is 0.317 e. The molecule has 1 N–H and O–H groups in total. The molecule has 0 aromatic carbocycles. The molecule has 2 fully saturated rings. The van der Waals surface area contributed by atoms with Crippen LogP contribution in [0.1, 0.15) is 32.6 Å². The van der Waals surface area contributed by atoms with E-state index >= 15 is 0 Å². The fourth-order valence-corrected chi connectivity index (χ4v) is 3.53. The van der Waals surface area contributed by atoms with Crippen LogP contribution < -0.4 is 5.32 Å². The van der Waals surface area contributed by atoms with Crippen LogP contribution in [0.5, 0.6) is 0 Å². The van der Waals surface area contributed by atoms with E-state index in [4.69, 9.17) is 0 Å². The molecule has 92 valence electrons. The number of carbonyl (C=O) groups excluding carboxylic acids is 1. The Labute approximate surface area is 102 Å². The largest absolute Gasteiger partial charge is 0.337 e. The van der Waals surface area contributed by atoms with Crippen LogP contribution in [0.3, 0.4) is 0 Å². The second kappa shape index (κ2) is 5.80. The molecule has 0 aromatic heterocycles. The lowest BCUT2D eigenvalue weighted by molar-refractivity contribution is 0.174. The van der Waals surface area contributed by atoms with Crippen molar-refractivity contribution in [2.24, 2.45) is 5.92 Å². The third-order valence-corrected chi connectivity index (χ3v) is 4.97. The monoisotopic (exact) mass is 242 g/mol. The normalized spacial score (nSPS) is 27.1. The van der Waals surface area contributed by atoms with E-state index in [1.54, 1.807) is 0 Å². The lowest BCUT2D eigenvalue weighted by Gasteiger charge is -2.30. The number of thioether (sulfide) groups is 1. The fraction of sp³-hybridized carbons (Fsp3) is 0.917. The molecule has 2 amide bonds. The fourth-order valence-electron chi connectivity index (χ4n) is 2.33. The predicted molar refractivity (Wildman–Crippen MR) is 68.8 cm³/mol. The molecule has 1 atom stereocenters. The Hall–Kier alpha value is -0.380. The highest BCUT2D eigenvalue weighted by Gasteiger charge is 2.21. The van der Waals surface area contributed by atoms with Crippen molar-refractivity contribution >= 4 is 17.8 Å². The van der Waals surface area contributed by atoms with Gasteiger partial charge in [0.2, 0.25) is 0 Å². The van der Waals surface area contributed by atoms with Crippen LogP contribution in [0.4, 0.5) is 4.79 Å². The van der Waals surface area contributed by atoms with Crippen molar-refractivity contribution in [2.45, 2.75) is 37.9 Å². The summed E-state index contributed by atoms with van der Waals surface area (Å²) in [6.07, 6.45) is 4.89. The summed E-state index contributed by atoms with van der Waals surface area (Å²) in [6.45, 7) is 5.00. The minimum Gasteiger partial charge on any atom is -0.337 e. The van der Waals surface area contributed by atoms with Gasteiger partial charge in [0.1, 0.15) is 0 Å². The minimum absolute atomic E-state index is 0.152. The molecule has 4 heteroatoms. The third-order valence-electron chi connectivity index (χ3n) is 3.58. The first-order valence-electron chi connectivity index (χ1n) is 6.40. The second-order valence-corrected chi connectivity index (χ2v) is 6.40. The summed E-state index contributed by atoms with van der Waals surface area (Å²) >= 11 is 2.00. The molecule has 2 rings (SSSR count). The number of hydrogen-bond acceptors (Lipinski definition) is 2. The molecule has 2 aliphatic heterocycles. The van der Waals surface area contributed by atoms with Gasteiger partial charge in [-0.15, -0.1) is 0 Å². The molecular weight excluding hydrogens is 220 g/mol. The van der Waals surface area contributed by atoms with Gasteiger partial charge in [-0.25, -0.2) is 4.79 Å². The number of urea groups is 1. The van der Waals surface area contributed by atoms with Gasteiger partial charge in [-0.05, 0) is 37.4 Å². The zero-order valence-electron chi connectivity index (χ0n) is 10.1. The van der Waals surface area contributed by atoms with Crippen molar-refractivity contribution in [1.82, 2.24) is 10.2 Å². The molecule has 2 heterocycles. The first-order valence-corrected chi connectivity index (χ1v) is 7.45. The van der Waals surface area contributed by atoms with Crippen LogP contribution >= 0.6 is 11.8 Å². The van der Waals surface area contributed by atoms with Crippen molar-refractivity contribution in [3.8, 4) is 0 Å². The lowest BCUT2D eigenvalue weighted by Crippen LogP contribution is -2.45. The van der Waals surface area contributed by atoms with Crippen molar-refractivity contribution < 1.29 is 4.79 Å². The molecule has 0 saturated carbocycles. The van der Waals surface area contributed by atoms with E-state index in [1.165, 1.54) is 18.6 Å². The van der Waals surface area contributed by atoms with Gasteiger partial charge in [-0.2, -0.15) is 11.8 Å². The Morgan fingerprint density at radius 1 is 1.38 bits per heavy atom. The summed E-state index contributed by atoms with van der Waals surface area (Å²) in [7, 11) is 0. The SMILES string of the molecule is CC1CCN(C(=O)NCC2CCCS2)CC1. The number of amides is 2. The number of rotatable bonds is 2. The molecule has 1 unspecified atom stereocenters. The van der Waals surface area contributed by atoms with E-state index < -0.39 is 0 Å². The Morgan fingerprint density at radius 2 is 2.12 bits per heavy atom. The number of piperidine rings is 1. The highest BCUT2D eigenvalue weighted by Crippen LogP contribution is 2.25. The number of carbonyl (C=O) groups is 1. The van der Waals surface area contributed by atoms with E-state index in [1.807, 2.05) is 16.7 Å². The van der Waals surface area contributed by atoms with Gasteiger partial charge in [0.15, 0.2) is 0 Å². The van der Waals surface area contributed by atoms with Gasteiger partial charge in [-0.1, -0.05) is 6.92 Å². The molecule has 2 saturated heterocycles. The summed E-state index contributed by atoms with van der Waals surface area (Å²) in [5.74, 6) is 2.05. The number of nitrogens with zero attached hydrogens (tertiary/aromatic N) is 1. The maximum absolute atomic E-state index is 11.9. The number of hydrogen-bond donors (Lipinski definition) is 1. The van der Waals surface area contributed by atoms with Gasteiger partial charge < -0.3 is 10.2 Å². The van der Waals surface area contributed by atoms with Crippen LogP contribution in [0, 0.1) is 5.92 Å². The summed E-state index contributed by atoms with van der Waals surface area (Å²) in [5.41, 5.74) is 0. The van der Waals surface area contributed by atoms with E-state index in [9.17, 15) is 4.79 Å². The Morgan fingerprint density at radius 3 is 2.75 bits per heavy atom. The zero-order valence-corrected chi connectivity index (χ0v) is 10.9. The average molecular weight is 242 g/mol. The second-order valence-electron chi connectivity index (χ2n) is 4.99. The van der Waals surface area contributed by atoms with Crippen molar-refractivity contribution in [3.05, 3.63) is 0 Å². The van der Waals surface area contributed by atoms with Crippen LogP contribution in [-0.4, -0.2) is 41.6 Å². The van der Waals surface area contributed by atoms with Gasteiger partial charge in [-0.3, -0.25) is 0 Å².